The van der Waals surface area contributed by atoms with Gasteiger partial charge in [-0.05, 0) is 55.7 Å². The lowest BCUT2D eigenvalue weighted by atomic mass is 10.2. The fourth-order valence-corrected chi connectivity index (χ4v) is 3.21. The number of nitrogens with two attached hydrogens (primary N) is 1. The lowest BCUT2D eigenvalue weighted by Gasteiger charge is -2.05. The number of nitrogens with one attached hydrogen (secondary N) is 2. The maximum Gasteiger partial charge on any atom is 0.266 e. The van der Waals surface area contributed by atoms with Gasteiger partial charge >= 0.3 is 0 Å². The Morgan fingerprint density at radius 2 is 1.79 bits per heavy atom. The Bertz CT molecular complexity index is 807. The molecule has 0 atom stereocenters. The number of hydrogen-bond donors (Lipinski definition) is 3. The number of primary amides is 1. The average Bonchev–Trinajstić information content (AvgIpc) is 3.32. The van der Waals surface area contributed by atoms with Gasteiger partial charge in [-0.15, -0.1) is 11.3 Å². The fraction of sp³-hybridized carbons (Fsp3) is 0.235. The number of anilines is 2. The van der Waals surface area contributed by atoms with Gasteiger partial charge in [0.1, 0.15) is 0 Å². The summed E-state index contributed by atoms with van der Waals surface area (Å²) >= 11 is 1.25. The van der Waals surface area contributed by atoms with E-state index in [1.807, 2.05) is 6.92 Å². The van der Waals surface area contributed by atoms with Gasteiger partial charge in [0.2, 0.25) is 11.8 Å². The molecule has 0 aliphatic heterocycles. The van der Waals surface area contributed by atoms with Gasteiger partial charge < -0.3 is 16.4 Å². The zero-order chi connectivity index (χ0) is 17.3. The molecule has 1 aliphatic carbocycles. The van der Waals surface area contributed by atoms with Crippen molar-refractivity contribution in [1.29, 1.82) is 0 Å². The van der Waals surface area contributed by atoms with Crippen LogP contribution < -0.4 is 16.4 Å². The second-order valence-electron chi connectivity index (χ2n) is 5.78. The topological polar surface area (TPSA) is 101 Å². The summed E-state index contributed by atoms with van der Waals surface area (Å²) in [6.45, 7) is 1.83. The van der Waals surface area contributed by atoms with E-state index >= 15 is 0 Å². The first kappa shape index (κ1) is 16.2. The van der Waals surface area contributed by atoms with Crippen molar-refractivity contribution >= 4 is 39.7 Å². The lowest BCUT2D eigenvalue weighted by Crippen LogP contribution is -2.13. The van der Waals surface area contributed by atoms with Gasteiger partial charge in [-0.2, -0.15) is 0 Å². The van der Waals surface area contributed by atoms with Crippen LogP contribution in [0.5, 0.6) is 0 Å². The van der Waals surface area contributed by atoms with E-state index < -0.39 is 5.91 Å². The zero-order valence-electron chi connectivity index (χ0n) is 13.1. The Kier molecular flexibility index (Phi) is 4.35. The molecule has 4 N–H and O–H groups in total. The Balaban J connectivity index is 1.69. The van der Waals surface area contributed by atoms with Crippen LogP contribution in [0.4, 0.5) is 10.7 Å². The Hall–Kier alpha value is -2.67. The van der Waals surface area contributed by atoms with Crippen molar-refractivity contribution in [1.82, 2.24) is 0 Å². The summed E-state index contributed by atoms with van der Waals surface area (Å²) in [5.74, 6) is -0.632. The van der Waals surface area contributed by atoms with E-state index in [0.29, 0.717) is 21.1 Å². The summed E-state index contributed by atoms with van der Waals surface area (Å²) < 4.78 is 0. The molecule has 124 valence electrons. The van der Waals surface area contributed by atoms with Gasteiger partial charge in [-0.3, -0.25) is 14.4 Å². The number of amides is 3. The van der Waals surface area contributed by atoms with E-state index in [1.165, 1.54) is 11.3 Å². The third-order valence-electron chi connectivity index (χ3n) is 3.75. The molecule has 0 radical (unpaired) electrons. The van der Waals surface area contributed by atoms with E-state index in [1.54, 1.807) is 30.3 Å². The quantitative estimate of drug-likeness (QED) is 0.778. The Labute approximate surface area is 143 Å². The number of aryl methyl sites for hydroxylation is 1. The van der Waals surface area contributed by atoms with E-state index in [-0.39, 0.29) is 17.7 Å². The van der Waals surface area contributed by atoms with Crippen LogP contribution in [-0.4, -0.2) is 17.7 Å². The van der Waals surface area contributed by atoms with Crippen LogP contribution >= 0.6 is 11.3 Å². The van der Waals surface area contributed by atoms with Crippen LogP contribution in [0, 0.1) is 12.8 Å². The molecule has 1 aromatic heterocycles. The minimum atomic E-state index is -0.516. The number of rotatable bonds is 5. The molecular formula is C17H17N3O3S. The summed E-state index contributed by atoms with van der Waals surface area (Å²) in [5.41, 5.74) is 6.94. The maximum absolute atomic E-state index is 12.4. The van der Waals surface area contributed by atoms with Crippen LogP contribution in [0.1, 0.15) is 38.4 Å². The standard InChI is InChI=1S/C17H17N3O3S/c1-9-8-13(20-16(22)11-2-3-11)24-14(9)17(23)19-12-6-4-10(5-7-12)15(18)21/h4-8,11H,2-3H2,1H3,(H2,18,21)(H,19,23)(H,20,22). The van der Waals surface area contributed by atoms with Crippen LogP contribution in [0.3, 0.4) is 0 Å². The van der Waals surface area contributed by atoms with E-state index in [2.05, 4.69) is 10.6 Å². The molecule has 1 heterocycles. The second-order valence-corrected chi connectivity index (χ2v) is 6.83. The van der Waals surface area contributed by atoms with Crippen LogP contribution in [0.2, 0.25) is 0 Å². The monoisotopic (exact) mass is 343 g/mol. The minimum absolute atomic E-state index is 0.0187. The second kappa shape index (κ2) is 6.45. The molecule has 3 amide bonds. The summed E-state index contributed by atoms with van der Waals surface area (Å²) in [7, 11) is 0. The molecule has 6 nitrogen and oxygen atoms in total. The molecule has 0 saturated heterocycles. The van der Waals surface area contributed by atoms with Crippen molar-refractivity contribution in [2.45, 2.75) is 19.8 Å². The molecule has 0 bridgehead atoms. The molecule has 1 saturated carbocycles. The van der Waals surface area contributed by atoms with Crippen molar-refractivity contribution in [2.75, 3.05) is 10.6 Å². The van der Waals surface area contributed by atoms with Crippen molar-refractivity contribution < 1.29 is 14.4 Å². The minimum Gasteiger partial charge on any atom is -0.366 e. The first-order valence-corrected chi connectivity index (χ1v) is 8.38. The number of thiophene rings is 1. The van der Waals surface area contributed by atoms with E-state index in [9.17, 15) is 14.4 Å². The first-order chi connectivity index (χ1) is 11.4. The Morgan fingerprint density at radius 1 is 1.12 bits per heavy atom. The van der Waals surface area contributed by atoms with Crippen LogP contribution in [0.15, 0.2) is 30.3 Å². The summed E-state index contributed by atoms with van der Waals surface area (Å²) in [6, 6.07) is 8.16. The average molecular weight is 343 g/mol. The van der Waals surface area contributed by atoms with Crippen molar-refractivity contribution in [3.8, 4) is 0 Å². The summed E-state index contributed by atoms with van der Waals surface area (Å²) in [6.07, 6.45) is 1.87. The normalized spacial score (nSPS) is 13.4. The molecule has 3 rings (SSSR count). The number of benzene rings is 1. The third kappa shape index (κ3) is 3.62. The van der Waals surface area contributed by atoms with Crippen molar-refractivity contribution in [3.63, 3.8) is 0 Å². The molecule has 1 fully saturated rings. The maximum atomic E-state index is 12.4. The highest BCUT2D eigenvalue weighted by molar-refractivity contribution is 7.18. The van der Waals surface area contributed by atoms with Gasteiger partial charge in [-0.25, -0.2) is 0 Å². The van der Waals surface area contributed by atoms with Gasteiger partial charge in [0.05, 0.1) is 9.88 Å². The molecule has 0 unspecified atom stereocenters. The first-order valence-electron chi connectivity index (χ1n) is 7.56. The molecule has 1 aliphatic rings. The highest BCUT2D eigenvalue weighted by Gasteiger charge is 2.30. The fourth-order valence-electron chi connectivity index (χ4n) is 2.24. The molecule has 7 heteroatoms. The zero-order valence-corrected chi connectivity index (χ0v) is 13.9. The largest absolute Gasteiger partial charge is 0.366 e. The summed E-state index contributed by atoms with van der Waals surface area (Å²) in [4.78, 5) is 35.8. The van der Waals surface area contributed by atoms with Gasteiger partial charge in [0, 0.05) is 17.2 Å². The summed E-state index contributed by atoms with van der Waals surface area (Å²) in [5, 5.41) is 6.30. The smallest absolute Gasteiger partial charge is 0.266 e. The molecule has 1 aromatic carbocycles. The van der Waals surface area contributed by atoms with Crippen molar-refractivity contribution in [2.24, 2.45) is 11.7 Å². The van der Waals surface area contributed by atoms with E-state index in [0.717, 1.165) is 18.4 Å². The number of carbonyl (C=O) groups excluding carboxylic acids is 3. The van der Waals surface area contributed by atoms with Crippen LogP contribution in [-0.2, 0) is 4.79 Å². The predicted octanol–water partition coefficient (Wildman–Crippen LogP) is 2.76. The SMILES string of the molecule is Cc1cc(NC(=O)C2CC2)sc1C(=O)Nc1ccc(C(N)=O)cc1. The number of carbonyl (C=O) groups is 3. The molecule has 2 aromatic rings. The van der Waals surface area contributed by atoms with Gasteiger partial charge in [0.15, 0.2) is 0 Å². The van der Waals surface area contributed by atoms with Gasteiger partial charge in [0.25, 0.3) is 5.91 Å². The van der Waals surface area contributed by atoms with Gasteiger partial charge in [-0.1, -0.05) is 0 Å². The van der Waals surface area contributed by atoms with Crippen molar-refractivity contribution in [3.05, 3.63) is 46.3 Å². The highest BCUT2D eigenvalue weighted by Crippen LogP contribution is 2.33. The third-order valence-corrected chi connectivity index (χ3v) is 4.90. The van der Waals surface area contributed by atoms with Crippen LogP contribution in [0.25, 0.3) is 0 Å². The molecular weight excluding hydrogens is 326 g/mol. The Morgan fingerprint density at radius 3 is 2.38 bits per heavy atom. The molecule has 0 spiro atoms. The number of hydrogen-bond acceptors (Lipinski definition) is 4. The lowest BCUT2D eigenvalue weighted by molar-refractivity contribution is -0.117. The van der Waals surface area contributed by atoms with E-state index in [4.69, 9.17) is 5.73 Å². The molecule has 24 heavy (non-hydrogen) atoms. The highest BCUT2D eigenvalue weighted by atomic mass is 32.1. The predicted molar refractivity (Wildman–Crippen MR) is 93.3 cm³/mol.